The minimum absolute atomic E-state index is 0.0645. The summed E-state index contributed by atoms with van der Waals surface area (Å²) in [6.07, 6.45) is 4.35. The Morgan fingerprint density at radius 3 is 2.86 bits per heavy atom. The normalized spacial score (nSPS) is 17.8. The van der Waals surface area contributed by atoms with E-state index in [2.05, 4.69) is 10.4 Å². The monoisotopic (exact) mass is 339 g/mol. The molecule has 1 fully saturated rings. The smallest absolute Gasteiger partial charge is 0.271 e. The molecule has 0 aromatic carbocycles. The largest absolute Gasteiger partial charge is 0.396 e. The minimum Gasteiger partial charge on any atom is -0.396 e. The van der Waals surface area contributed by atoms with Crippen LogP contribution in [-0.2, 0) is 7.05 Å². The molecule has 3 rings (SSSR count). The summed E-state index contributed by atoms with van der Waals surface area (Å²) in [5.41, 5.74) is 0.0709. The fourth-order valence-electron chi connectivity index (χ4n) is 3.02. The van der Waals surface area contributed by atoms with Crippen molar-refractivity contribution in [3.63, 3.8) is 0 Å². The molecule has 0 unspecified atom stereocenters. The average molecular weight is 340 g/mol. The highest BCUT2D eigenvalue weighted by Gasteiger charge is 2.45. The van der Waals surface area contributed by atoms with Gasteiger partial charge < -0.3 is 10.4 Å². The molecule has 0 bridgehead atoms. The van der Waals surface area contributed by atoms with E-state index >= 15 is 0 Å². The molecule has 5 nitrogen and oxygen atoms in total. The quantitative estimate of drug-likeness (QED) is 0.880. The Kier molecular flexibility index (Phi) is 4.25. The van der Waals surface area contributed by atoms with Crippen LogP contribution in [0.3, 0.4) is 0 Å². The molecule has 0 spiro atoms. The third kappa shape index (κ3) is 2.55. The SMILES string of the molecule is Cn1ncc(Cl)c1C(=O)N[C@H](c1cccs1)C1(CO)CCC1. The van der Waals surface area contributed by atoms with E-state index in [1.54, 1.807) is 18.4 Å². The second-order valence-electron chi connectivity index (χ2n) is 5.76. The fourth-order valence-corrected chi connectivity index (χ4v) is 4.18. The van der Waals surface area contributed by atoms with E-state index in [4.69, 9.17) is 11.6 Å². The van der Waals surface area contributed by atoms with Crippen molar-refractivity contribution in [1.29, 1.82) is 0 Å². The first-order valence-electron chi connectivity index (χ1n) is 7.20. The van der Waals surface area contributed by atoms with E-state index in [0.717, 1.165) is 24.1 Å². The van der Waals surface area contributed by atoms with Crippen LogP contribution >= 0.6 is 22.9 Å². The van der Waals surface area contributed by atoms with Crippen LogP contribution < -0.4 is 5.32 Å². The van der Waals surface area contributed by atoms with Crippen molar-refractivity contribution in [2.45, 2.75) is 25.3 Å². The van der Waals surface area contributed by atoms with E-state index in [1.165, 1.54) is 10.9 Å². The molecule has 2 aromatic heterocycles. The summed E-state index contributed by atoms with van der Waals surface area (Å²) in [7, 11) is 1.69. The molecule has 1 saturated carbocycles. The zero-order valence-electron chi connectivity index (χ0n) is 12.3. The number of nitrogens with one attached hydrogen (secondary N) is 1. The summed E-state index contributed by atoms with van der Waals surface area (Å²) in [6, 6.07) is 3.75. The molecule has 1 atom stereocenters. The molecule has 1 aliphatic rings. The molecular formula is C15H18ClN3O2S. The summed E-state index contributed by atoms with van der Waals surface area (Å²) < 4.78 is 1.47. The predicted octanol–water partition coefficient (Wildman–Crippen LogP) is 2.77. The molecule has 0 radical (unpaired) electrons. The van der Waals surface area contributed by atoms with Gasteiger partial charge in [0, 0.05) is 17.3 Å². The van der Waals surface area contributed by atoms with E-state index < -0.39 is 0 Å². The summed E-state index contributed by atoms with van der Waals surface area (Å²) in [6.45, 7) is 0.0645. The number of carbonyl (C=O) groups excluding carboxylic acids is 1. The predicted molar refractivity (Wildman–Crippen MR) is 86.1 cm³/mol. The number of amides is 1. The third-order valence-corrected chi connectivity index (χ3v) is 5.70. The number of halogens is 1. The van der Waals surface area contributed by atoms with Gasteiger partial charge in [0.1, 0.15) is 5.69 Å². The Morgan fingerprint density at radius 1 is 1.64 bits per heavy atom. The van der Waals surface area contributed by atoms with Crippen molar-refractivity contribution in [1.82, 2.24) is 15.1 Å². The zero-order valence-corrected chi connectivity index (χ0v) is 13.8. The molecule has 7 heteroatoms. The first kappa shape index (κ1) is 15.5. The van der Waals surface area contributed by atoms with Gasteiger partial charge in [-0.2, -0.15) is 5.10 Å². The average Bonchev–Trinajstić information content (AvgIpc) is 3.07. The molecule has 1 amide bonds. The van der Waals surface area contributed by atoms with Gasteiger partial charge >= 0.3 is 0 Å². The van der Waals surface area contributed by atoms with Crippen molar-refractivity contribution >= 4 is 28.8 Å². The molecule has 22 heavy (non-hydrogen) atoms. The number of hydrogen-bond acceptors (Lipinski definition) is 4. The van der Waals surface area contributed by atoms with Crippen LogP contribution in [0.25, 0.3) is 0 Å². The van der Waals surface area contributed by atoms with Crippen LogP contribution in [0.1, 0.15) is 40.7 Å². The van der Waals surface area contributed by atoms with Crippen molar-refractivity contribution in [3.05, 3.63) is 39.3 Å². The highest BCUT2D eigenvalue weighted by Crippen LogP contribution is 2.50. The summed E-state index contributed by atoms with van der Waals surface area (Å²) in [5, 5.41) is 19.2. The van der Waals surface area contributed by atoms with Gasteiger partial charge in [-0.3, -0.25) is 9.48 Å². The van der Waals surface area contributed by atoms with Crippen LogP contribution in [0.4, 0.5) is 0 Å². The molecule has 0 aliphatic heterocycles. The second kappa shape index (κ2) is 6.02. The van der Waals surface area contributed by atoms with Crippen LogP contribution in [0, 0.1) is 5.41 Å². The van der Waals surface area contributed by atoms with Gasteiger partial charge in [-0.25, -0.2) is 0 Å². The van der Waals surface area contributed by atoms with Crippen molar-refractivity contribution in [3.8, 4) is 0 Å². The molecule has 2 aromatic rings. The number of aliphatic hydroxyl groups excluding tert-OH is 1. The molecule has 1 aliphatic carbocycles. The maximum atomic E-state index is 12.6. The lowest BCUT2D eigenvalue weighted by Gasteiger charge is -2.46. The number of rotatable bonds is 5. The molecular weight excluding hydrogens is 322 g/mol. The third-order valence-electron chi connectivity index (χ3n) is 4.49. The van der Waals surface area contributed by atoms with Crippen LogP contribution in [0.2, 0.25) is 5.02 Å². The Balaban J connectivity index is 1.89. The van der Waals surface area contributed by atoms with Gasteiger partial charge in [0.25, 0.3) is 5.91 Å². The molecule has 2 heterocycles. The topological polar surface area (TPSA) is 67.2 Å². The molecule has 118 valence electrons. The van der Waals surface area contributed by atoms with Gasteiger partial charge in [-0.05, 0) is 24.3 Å². The lowest BCUT2D eigenvalue weighted by Crippen LogP contribution is -2.47. The first-order chi connectivity index (χ1) is 10.6. The highest BCUT2D eigenvalue weighted by molar-refractivity contribution is 7.10. The van der Waals surface area contributed by atoms with Crippen molar-refractivity contribution in [2.75, 3.05) is 6.61 Å². The van der Waals surface area contributed by atoms with Gasteiger partial charge in [0.2, 0.25) is 0 Å². The van der Waals surface area contributed by atoms with E-state index in [1.807, 2.05) is 17.5 Å². The minimum atomic E-state index is -0.272. The standard InChI is InChI=1S/C15H18ClN3O2S/c1-19-12(10(16)8-17-19)14(21)18-13(11-4-2-7-22-11)15(9-20)5-3-6-15/h2,4,7-8,13,20H,3,5-6,9H2,1H3,(H,18,21)/t13-/m1/s1. The highest BCUT2D eigenvalue weighted by atomic mass is 35.5. The van der Waals surface area contributed by atoms with E-state index in [-0.39, 0.29) is 24.0 Å². The summed E-state index contributed by atoms with van der Waals surface area (Å²) in [5.74, 6) is -0.261. The Hall–Kier alpha value is -1.37. The summed E-state index contributed by atoms with van der Waals surface area (Å²) in [4.78, 5) is 13.7. The van der Waals surface area contributed by atoms with Gasteiger partial charge in [0.05, 0.1) is 23.9 Å². The maximum Gasteiger partial charge on any atom is 0.271 e. The summed E-state index contributed by atoms with van der Waals surface area (Å²) >= 11 is 7.64. The van der Waals surface area contributed by atoms with Crippen molar-refractivity contribution < 1.29 is 9.90 Å². The lowest BCUT2D eigenvalue weighted by atomic mass is 9.64. The second-order valence-corrected chi connectivity index (χ2v) is 7.15. The van der Waals surface area contributed by atoms with Crippen molar-refractivity contribution in [2.24, 2.45) is 12.5 Å². The number of aryl methyl sites for hydroxylation is 1. The van der Waals surface area contributed by atoms with Crippen LogP contribution in [0.5, 0.6) is 0 Å². The molecule has 0 saturated heterocycles. The number of thiophene rings is 1. The zero-order chi connectivity index (χ0) is 15.7. The molecule has 2 N–H and O–H groups in total. The Bertz CT molecular complexity index is 639. The maximum absolute atomic E-state index is 12.6. The number of aliphatic hydroxyl groups is 1. The van der Waals surface area contributed by atoms with Crippen LogP contribution in [0.15, 0.2) is 23.7 Å². The van der Waals surface area contributed by atoms with Gasteiger partial charge in [-0.1, -0.05) is 24.1 Å². The van der Waals surface area contributed by atoms with E-state index in [0.29, 0.717) is 10.7 Å². The first-order valence-corrected chi connectivity index (χ1v) is 8.46. The number of carbonyl (C=O) groups is 1. The number of aromatic nitrogens is 2. The number of nitrogens with zero attached hydrogens (tertiary/aromatic N) is 2. The van der Waals surface area contributed by atoms with E-state index in [9.17, 15) is 9.90 Å². The fraction of sp³-hybridized carbons (Fsp3) is 0.467. The van der Waals surface area contributed by atoms with Gasteiger partial charge in [0.15, 0.2) is 0 Å². The van der Waals surface area contributed by atoms with Gasteiger partial charge in [-0.15, -0.1) is 11.3 Å². The number of hydrogen-bond donors (Lipinski definition) is 2. The Labute approximate surface area is 137 Å². The Morgan fingerprint density at radius 2 is 2.41 bits per heavy atom. The van der Waals surface area contributed by atoms with Crippen LogP contribution in [-0.4, -0.2) is 27.4 Å². The lowest BCUT2D eigenvalue weighted by molar-refractivity contribution is 0.00697.